The van der Waals surface area contributed by atoms with Crippen molar-refractivity contribution in [1.82, 2.24) is 12.3 Å². The van der Waals surface area contributed by atoms with Crippen LogP contribution in [0.1, 0.15) is 13.8 Å². The predicted molar refractivity (Wildman–Crippen MR) is 35.8 cm³/mol. The molecule has 0 saturated heterocycles. The van der Waals surface area contributed by atoms with Gasteiger partial charge in [0.1, 0.15) is 0 Å². The van der Waals surface area contributed by atoms with E-state index in [4.69, 9.17) is 0 Å². The lowest BCUT2D eigenvalue weighted by Gasteiger charge is -2.30. The Labute approximate surface area is 60.0 Å². The average Bonchev–Trinajstić information content (AvgIpc) is 1.21. The monoisotopic (exact) mass is 174 g/mol. The first kappa shape index (κ1) is 16.5. The molecular formula is C3H15N2O4P. The first-order chi connectivity index (χ1) is 3.42. The topological polar surface area (TPSA) is 145 Å². The minimum atomic E-state index is -4.72. The molecule has 0 aliphatic heterocycles. The van der Waals surface area contributed by atoms with Crippen molar-refractivity contribution in [2.75, 3.05) is 0 Å². The van der Waals surface area contributed by atoms with Crippen LogP contribution in [0.3, 0.4) is 0 Å². The molecule has 0 rings (SSSR count). The van der Waals surface area contributed by atoms with Crippen LogP contribution in [0.15, 0.2) is 0 Å². The van der Waals surface area contributed by atoms with Crippen LogP contribution in [0, 0.1) is 0 Å². The second kappa shape index (κ2) is 5.79. The number of hydrogen-bond acceptors (Lipinski definition) is 4. The zero-order valence-corrected chi connectivity index (χ0v) is 7.55. The lowest BCUT2D eigenvalue weighted by Crippen LogP contribution is -2.19. The van der Waals surface area contributed by atoms with Gasteiger partial charge in [0, 0.05) is 0 Å². The largest absolute Gasteiger partial charge is 0.790 e. The van der Waals surface area contributed by atoms with E-state index in [0.717, 1.165) is 0 Å². The standard InChI is InChI=1S/C3H9O4P.2H3N/c1-3(2)7-8(4,5)6;;/h3H,1-2H3,(H2,4,5,6);2*1H3. The SMILES string of the molecule is CC(C)OP(=O)([O-])[O-].[NH4+].[NH4+]. The minimum Gasteiger partial charge on any atom is -0.790 e. The Hall–Kier alpha value is 0.0300. The number of rotatable bonds is 2. The molecule has 0 aromatic heterocycles. The Bertz CT molecular complexity index is 111. The van der Waals surface area contributed by atoms with Gasteiger partial charge < -0.3 is 31.2 Å². The summed E-state index contributed by atoms with van der Waals surface area (Å²) >= 11 is 0. The first-order valence-electron chi connectivity index (χ1n) is 2.12. The fraction of sp³-hybridized carbons (Fsp3) is 1.00. The third kappa shape index (κ3) is 15.7. The molecule has 0 fully saturated rings. The Morgan fingerprint density at radius 3 is 1.60 bits per heavy atom. The lowest BCUT2D eigenvalue weighted by atomic mass is 10.5. The molecule has 0 aromatic carbocycles. The zero-order chi connectivity index (χ0) is 6.78. The number of phosphoric acid groups is 1. The van der Waals surface area contributed by atoms with Crippen molar-refractivity contribution in [1.29, 1.82) is 0 Å². The van der Waals surface area contributed by atoms with Gasteiger partial charge in [-0.05, 0) is 13.8 Å². The van der Waals surface area contributed by atoms with Crippen LogP contribution in [-0.2, 0) is 9.09 Å². The highest BCUT2D eigenvalue weighted by Crippen LogP contribution is 2.26. The van der Waals surface area contributed by atoms with E-state index in [1.54, 1.807) is 0 Å². The molecule has 0 aliphatic rings. The van der Waals surface area contributed by atoms with Gasteiger partial charge in [0.25, 0.3) is 0 Å². The third-order valence-corrected chi connectivity index (χ3v) is 1.02. The number of hydrogen-bond donors (Lipinski definition) is 2. The number of phosphoric ester groups is 1. The molecule has 0 unspecified atom stereocenters. The van der Waals surface area contributed by atoms with Crippen LogP contribution in [-0.4, -0.2) is 6.10 Å². The highest BCUT2D eigenvalue weighted by atomic mass is 31.2. The van der Waals surface area contributed by atoms with Gasteiger partial charge in [-0.25, -0.2) is 0 Å². The van der Waals surface area contributed by atoms with Crippen LogP contribution in [0.2, 0.25) is 0 Å². The summed E-state index contributed by atoms with van der Waals surface area (Å²) in [6.45, 7) is 2.95. The van der Waals surface area contributed by atoms with Crippen molar-refractivity contribution in [2.24, 2.45) is 0 Å². The van der Waals surface area contributed by atoms with Crippen molar-refractivity contribution in [3.8, 4) is 0 Å². The van der Waals surface area contributed by atoms with E-state index in [1.165, 1.54) is 13.8 Å². The molecule has 6 nitrogen and oxygen atoms in total. The van der Waals surface area contributed by atoms with Crippen LogP contribution in [0.25, 0.3) is 0 Å². The van der Waals surface area contributed by atoms with E-state index in [-0.39, 0.29) is 12.3 Å². The van der Waals surface area contributed by atoms with E-state index < -0.39 is 13.9 Å². The van der Waals surface area contributed by atoms with Crippen LogP contribution in [0.4, 0.5) is 0 Å². The van der Waals surface area contributed by atoms with Crippen molar-refractivity contribution >= 4 is 7.82 Å². The molecule has 0 spiro atoms. The maximum Gasteiger partial charge on any atom is 0.0600 e. The summed E-state index contributed by atoms with van der Waals surface area (Å²) in [6.07, 6.45) is -0.546. The Balaban J connectivity index is -0.000000245. The van der Waals surface area contributed by atoms with Gasteiger partial charge in [-0.15, -0.1) is 0 Å². The van der Waals surface area contributed by atoms with Crippen molar-refractivity contribution in [2.45, 2.75) is 20.0 Å². The summed E-state index contributed by atoms with van der Waals surface area (Å²) < 4.78 is 13.6. The molecule has 10 heavy (non-hydrogen) atoms. The van der Waals surface area contributed by atoms with Gasteiger partial charge in [0.15, 0.2) is 0 Å². The molecule has 66 valence electrons. The second-order valence-electron chi connectivity index (χ2n) is 1.60. The van der Waals surface area contributed by atoms with Gasteiger partial charge in [-0.3, -0.25) is 0 Å². The molecule has 0 aliphatic carbocycles. The molecular weight excluding hydrogens is 159 g/mol. The van der Waals surface area contributed by atoms with Gasteiger partial charge in [0.05, 0.1) is 13.9 Å². The summed E-state index contributed by atoms with van der Waals surface area (Å²) in [5.74, 6) is 0. The van der Waals surface area contributed by atoms with E-state index >= 15 is 0 Å². The average molecular weight is 174 g/mol. The Morgan fingerprint density at radius 1 is 1.30 bits per heavy atom. The molecule has 0 atom stereocenters. The second-order valence-corrected chi connectivity index (χ2v) is 2.71. The maximum atomic E-state index is 9.69. The van der Waals surface area contributed by atoms with Crippen LogP contribution in [0.5, 0.6) is 0 Å². The van der Waals surface area contributed by atoms with Gasteiger partial charge in [-0.1, -0.05) is 0 Å². The Kier molecular flexibility index (Phi) is 9.58. The molecule has 8 N–H and O–H groups in total. The molecule has 0 saturated carbocycles. The molecule has 0 bridgehead atoms. The summed E-state index contributed by atoms with van der Waals surface area (Å²) in [5.41, 5.74) is 0. The quantitative estimate of drug-likeness (QED) is 0.566. The normalized spacial score (nSPS) is 10.1. The fourth-order valence-corrected chi connectivity index (χ4v) is 0.775. The molecule has 0 aromatic rings. The number of quaternary nitrogens is 2. The maximum absolute atomic E-state index is 9.69. The van der Waals surface area contributed by atoms with Gasteiger partial charge >= 0.3 is 0 Å². The highest BCUT2D eigenvalue weighted by molar-refractivity contribution is 7.43. The fourth-order valence-electron chi connectivity index (χ4n) is 0.258. The molecule has 0 heterocycles. The summed E-state index contributed by atoms with van der Waals surface area (Å²) in [4.78, 5) is 19.4. The van der Waals surface area contributed by atoms with Crippen LogP contribution < -0.4 is 22.1 Å². The highest BCUT2D eigenvalue weighted by Gasteiger charge is 1.93. The van der Waals surface area contributed by atoms with Crippen molar-refractivity contribution in [3.63, 3.8) is 0 Å². The van der Waals surface area contributed by atoms with Crippen molar-refractivity contribution < 1.29 is 18.9 Å². The minimum absolute atomic E-state index is 0. The summed E-state index contributed by atoms with van der Waals surface area (Å²) in [6, 6.07) is 0. The van der Waals surface area contributed by atoms with E-state index in [2.05, 4.69) is 4.52 Å². The zero-order valence-electron chi connectivity index (χ0n) is 6.66. The summed E-state index contributed by atoms with van der Waals surface area (Å²) in [7, 11) is -4.72. The smallest absolute Gasteiger partial charge is 0.0600 e. The van der Waals surface area contributed by atoms with E-state index in [9.17, 15) is 14.4 Å². The summed E-state index contributed by atoms with van der Waals surface area (Å²) in [5, 5.41) is 0. The Morgan fingerprint density at radius 2 is 1.60 bits per heavy atom. The molecule has 0 radical (unpaired) electrons. The first-order valence-corrected chi connectivity index (χ1v) is 3.58. The van der Waals surface area contributed by atoms with Gasteiger partial charge in [-0.2, -0.15) is 0 Å². The van der Waals surface area contributed by atoms with Gasteiger partial charge in [0.2, 0.25) is 0 Å². The van der Waals surface area contributed by atoms with Crippen LogP contribution >= 0.6 is 7.82 Å². The predicted octanol–water partition coefficient (Wildman–Crippen LogP) is -0.00750. The van der Waals surface area contributed by atoms with E-state index in [1.807, 2.05) is 0 Å². The molecule has 7 heteroatoms. The van der Waals surface area contributed by atoms with E-state index in [0.29, 0.717) is 0 Å². The molecule has 0 amide bonds. The van der Waals surface area contributed by atoms with Crippen molar-refractivity contribution in [3.05, 3.63) is 0 Å². The lowest BCUT2D eigenvalue weighted by molar-refractivity contribution is -0.344. The third-order valence-electron chi connectivity index (χ3n) is 0.340.